The van der Waals surface area contributed by atoms with E-state index in [1.54, 1.807) is 19.2 Å². The van der Waals surface area contributed by atoms with Crippen molar-refractivity contribution in [1.82, 2.24) is 20.4 Å². The third kappa shape index (κ3) is 3.42. The van der Waals surface area contributed by atoms with Crippen LogP contribution in [0.1, 0.15) is 27.5 Å². The molecule has 0 aliphatic carbocycles. The second kappa shape index (κ2) is 6.39. The van der Waals surface area contributed by atoms with Crippen molar-refractivity contribution in [3.63, 3.8) is 0 Å². The Kier molecular flexibility index (Phi) is 4.14. The van der Waals surface area contributed by atoms with E-state index in [1.807, 2.05) is 37.3 Å². The zero-order chi connectivity index (χ0) is 16.2. The largest absolute Gasteiger partial charge is 0.359 e. The minimum atomic E-state index is -0.240. The fraction of sp³-hybridized carbons (Fsp3) is 0.176. The van der Waals surface area contributed by atoms with E-state index in [4.69, 9.17) is 4.52 Å². The van der Waals surface area contributed by atoms with E-state index in [-0.39, 0.29) is 12.5 Å². The van der Waals surface area contributed by atoms with Gasteiger partial charge in [-0.05, 0) is 13.8 Å². The van der Waals surface area contributed by atoms with Gasteiger partial charge in [-0.2, -0.15) is 0 Å². The summed E-state index contributed by atoms with van der Waals surface area (Å²) < 4.78 is 5.06. The summed E-state index contributed by atoms with van der Waals surface area (Å²) in [6.07, 6.45) is 1.55. The molecule has 0 bridgehead atoms. The lowest BCUT2D eigenvalue weighted by molar-refractivity contribution is 0.0945. The molecule has 1 amide bonds. The van der Waals surface area contributed by atoms with Crippen LogP contribution < -0.4 is 5.32 Å². The Balaban J connectivity index is 1.74. The minimum Gasteiger partial charge on any atom is -0.359 e. The Morgan fingerprint density at radius 1 is 1.22 bits per heavy atom. The maximum atomic E-state index is 12.2. The van der Waals surface area contributed by atoms with Crippen LogP contribution in [0.5, 0.6) is 0 Å². The van der Waals surface area contributed by atoms with E-state index < -0.39 is 0 Å². The monoisotopic (exact) mass is 308 g/mol. The highest BCUT2D eigenvalue weighted by atomic mass is 16.5. The Bertz CT molecular complexity index is 828. The fourth-order valence-corrected chi connectivity index (χ4v) is 2.18. The molecule has 0 spiro atoms. The van der Waals surface area contributed by atoms with Crippen molar-refractivity contribution < 1.29 is 9.32 Å². The van der Waals surface area contributed by atoms with Crippen molar-refractivity contribution in [2.45, 2.75) is 20.4 Å². The van der Waals surface area contributed by atoms with Gasteiger partial charge in [0.05, 0.1) is 23.5 Å². The third-order valence-corrected chi connectivity index (χ3v) is 3.36. The molecule has 0 atom stereocenters. The molecule has 0 saturated heterocycles. The van der Waals surface area contributed by atoms with Crippen LogP contribution in [0.2, 0.25) is 0 Å². The Labute approximate surface area is 133 Å². The van der Waals surface area contributed by atoms with Gasteiger partial charge in [0.1, 0.15) is 0 Å². The molecular formula is C17H16N4O2. The topological polar surface area (TPSA) is 80.9 Å². The van der Waals surface area contributed by atoms with Crippen molar-refractivity contribution in [3.8, 4) is 11.4 Å². The first-order valence-corrected chi connectivity index (χ1v) is 7.23. The first kappa shape index (κ1) is 14.9. The van der Waals surface area contributed by atoms with Crippen LogP contribution in [0, 0.1) is 13.8 Å². The smallest absolute Gasteiger partial charge is 0.255 e. The predicted molar refractivity (Wildman–Crippen MR) is 84.6 cm³/mol. The van der Waals surface area contributed by atoms with Crippen LogP contribution in [0.15, 0.2) is 47.1 Å². The van der Waals surface area contributed by atoms with Gasteiger partial charge in [0, 0.05) is 17.8 Å². The second-order valence-corrected chi connectivity index (χ2v) is 5.18. The SMILES string of the molecule is Cc1cc(CNC(=O)c2cnc(-c3ccccc3)nc2C)on1. The van der Waals surface area contributed by atoms with Crippen molar-refractivity contribution in [2.24, 2.45) is 0 Å². The van der Waals surface area contributed by atoms with E-state index in [0.29, 0.717) is 22.8 Å². The zero-order valence-electron chi connectivity index (χ0n) is 12.9. The molecule has 0 unspecified atom stereocenters. The van der Waals surface area contributed by atoms with E-state index in [0.717, 1.165) is 11.3 Å². The summed E-state index contributed by atoms with van der Waals surface area (Å²) >= 11 is 0. The van der Waals surface area contributed by atoms with Gasteiger partial charge in [-0.1, -0.05) is 35.5 Å². The van der Waals surface area contributed by atoms with Gasteiger partial charge in [-0.15, -0.1) is 0 Å². The third-order valence-electron chi connectivity index (χ3n) is 3.36. The van der Waals surface area contributed by atoms with Crippen molar-refractivity contribution in [3.05, 3.63) is 65.3 Å². The van der Waals surface area contributed by atoms with Gasteiger partial charge in [0.15, 0.2) is 11.6 Å². The highest BCUT2D eigenvalue weighted by Crippen LogP contribution is 2.15. The highest BCUT2D eigenvalue weighted by Gasteiger charge is 2.13. The maximum absolute atomic E-state index is 12.2. The first-order valence-electron chi connectivity index (χ1n) is 7.23. The quantitative estimate of drug-likeness (QED) is 0.801. The zero-order valence-corrected chi connectivity index (χ0v) is 12.9. The Morgan fingerprint density at radius 3 is 2.65 bits per heavy atom. The number of rotatable bonds is 4. The van der Waals surface area contributed by atoms with E-state index in [9.17, 15) is 4.79 Å². The van der Waals surface area contributed by atoms with Crippen LogP contribution in [0.3, 0.4) is 0 Å². The molecule has 2 heterocycles. The number of hydrogen-bond acceptors (Lipinski definition) is 5. The lowest BCUT2D eigenvalue weighted by Crippen LogP contribution is -2.24. The number of amides is 1. The van der Waals surface area contributed by atoms with Crippen molar-refractivity contribution in [2.75, 3.05) is 0 Å². The molecule has 0 saturated carbocycles. The van der Waals surface area contributed by atoms with Crippen LogP contribution >= 0.6 is 0 Å². The van der Waals surface area contributed by atoms with Crippen molar-refractivity contribution >= 4 is 5.91 Å². The van der Waals surface area contributed by atoms with Gasteiger partial charge in [-0.3, -0.25) is 4.79 Å². The van der Waals surface area contributed by atoms with Gasteiger partial charge < -0.3 is 9.84 Å². The highest BCUT2D eigenvalue weighted by molar-refractivity contribution is 5.95. The predicted octanol–water partition coefficient (Wildman–Crippen LogP) is 2.68. The number of carbonyl (C=O) groups excluding carboxylic acids is 1. The number of hydrogen-bond donors (Lipinski definition) is 1. The molecule has 0 aliphatic rings. The Hall–Kier alpha value is -3.02. The summed E-state index contributed by atoms with van der Waals surface area (Å²) in [5, 5.41) is 6.56. The van der Waals surface area contributed by atoms with Gasteiger partial charge in [-0.25, -0.2) is 9.97 Å². The molecule has 116 valence electrons. The average molecular weight is 308 g/mol. The van der Waals surface area contributed by atoms with E-state index in [1.165, 1.54) is 0 Å². The van der Waals surface area contributed by atoms with Crippen molar-refractivity contribution in [1.29, 1.82) is 0 Å². The molecule has 2 aromatic heterocycles. The minimum absolute atomic E-state index is 0.240. The maximum Gasteiger partial charge on any atom is 0.255 e. The molecule has 6 heteroatoms. The van der Waals surface area contributed by atoms with E-state index in [2.05, 4.69) is 20.4 Å². The normalized spacial score (nSPS) is 10.5. The summed E-state index contributed by atoms with van der Waals surface area (Å²) in [4.78, 5) is 20.9. The molecule has 1 aromatic carbocycles. The average Bonchev–Trinajstić information content (AvgIpc) is 2.99. The first-order chi connectivity index (χ1) is 11.1. The van der Waals surface area contributed by atoms with Gasteiger partial charge in [0.2, 0.25) is 0 Å². The van der Waals surface area contributed by atoms with Crippen LogP contribution in [-0.4, -0.2) is 21.0 Å². The number of carbonyl (C=O) groups is 1. The summed E-state index contributed by atoms with van der Waals surface area (Å²) in [7, 11) is 0. The molecular weight excluding hydrogens is 292 g/mol. The van der Waals surface area contributed by atoms with Gasteiger partial charge in [0.25, 0.3) is 5.91 Å². The summed E-state index contributed by atoms with van der Waals surface area (Å²) in [6, 6.07) is 11.4. The molecule has 1 N–H and O–H groups in total. The second-order valence-electron chi connectivity index (χ2n) is 5.18. The van der Waals surface area contributed by atoms with E-state index >= 15 is 0 Å². The fourth-order valence-electron chi connectivity index (χ4n) is 2.18. The van der Waals surface area contributed by atoms with Gasteiger partial charge >= 0.3 is 0 Å². The number of benzene rings is 1. The number of nitrogens with zero attached hydrogens (tertiary/aromatic N) is 3. The summed E-state index contributed by atoms with van der Waals surface area (Å²) in [6.45, 7) is 3.90. The lowest BCUT2D eigenvalue weighted by atomic mass is 10.2. The summed E-state index contributed by atoms with van der Waals surface area (Å²) in [5.41, 5.74) is 2.77. The number of aromatic nitrogens is 3. The molecule has 0 aliphatic heterocycles. The summed E-state index contributed by atoms with van der Waals surface area (Å²) in [5.74, 6) is 0.969. The molecule has 3 rings (SSSR count). The molecule has 3 aromatic rings. The molecule has 23 heavy (non-hydrogen) atoms. The standard InChI is InChI=1S/C17H16N4O2/c1-11-8-14(23-21-11)9-19-17(22)15-10-18-16(20-12(15)2)13-6-4-3-5-7-13/h3-8,10H,9H2,1-2H3,(H,19,22). The number of aryl methyl sites for hydroxylation is 2. The van der Waals surface area contributed by atoms with Crippen LogP contribution in [-0.2, 0) is 6.54 Å². The van der Waals surface area contributed by atoms with Crippen LogP contribution in [0.4, 0.5) is 0 Å². The number of nitrogens with one attached hydrogen (secondary N) is 1. The lowest BCUT2D eigenvalue weighted by Gasteiger charge is -2.07. The molecule has 6 nitrogen and oxygen atoms in total. The molecule has 0 radical (unpaired) electrons. The Morgan fingerprint density at radius 2 is 2.00 bits per heavy atom. The van der Waals surface area contributed by atoms with Crippen LogP contribution in [0.25, 0.3) is 11.4 Å². The molecule has 0 fully saturated rings.